The highest BCUT2D eigenvalue weighted by molar-refractivity contribution is 7.10. The normalized spacial score (nSPS) is 17.9. The van der Waals surface area contributed by atoms with E-state index in [4.69, 9.17) is 5.11 Å². The standard InChI is InChI=1S/C16H25NO2S/c1-12-6-7-13-14(11-20-15(13)10-12)16(19)17(2)8-4-3-5-9-18/h11-12,18H,3-10H2,1-2H3. The van der Waals surface area contributed by atoms with Gasteiger partial charge in [0.25, 0.3) is 5.91 Å². The lowest BCUT2D eigenvalue weighted by Gasteiger charge is -2.21. The second-order valence-electron chi connectivity index (χ2n) is 5.91. The van der Waals surface area contributed by atoms with Gasteiger partial charge in [-0.25, -0.2) is 0 Å². The van der Waals surface area contributed by atoms with E-state index in [1.807, 2.05) is 11.9 Å². The maximum Gasteiger partial charge on any atom is 0.254 e. The predicted molar refractivity (Wildman–Crippen MR) is 83.4 cm³/mol. The fourth-order valence-electron chi connectivity index (χ4n) is 2.80. The van der Waals surface area contributed by atoms with Crippen LogP contribution in [0.25, 0.3) is 0 Å². The van der Waals surface area contributed by atoms with E-state index in [0.29, 0.717) is 0 Å². The average Bonchev–Trinajstić information content (AvgIpc) is 2.85. The molecule has 1 aliphatic carbocycles. The lowest BCUT2D eigenvalue weighted by atomic mass is 9.88. The second-order valence-corrected chi connectivity index (χ2v) is 6.87. The van der Waals surface area contributed by atoms with E-state index in [9.17, 15) is 4.79 Å². The topological polar surface area (TPSA) is 40.5 Å². The Hall–Kier alpha value is -0.870. The molecule has 4 heteroatoms. The lowest BCUT2D eigenvalue weighted by molar-refractivity contribution is 0.0791. The quantitative estimate of drug-likeness (QED) is 0.819. The van der Waals surface area contributed by atoms with Crippen LogP contribution in [0.3, 0.4) is 0 Å². The van der Waals surface area contributed by atoms with E-state index in [2.05, 4.69) is 12.3 Å². The summed E-state index contributed by atoms with van der Waals surface area (Å²) < 4.78 is 0. The molecule has 0 aliphatic heterocycles. The molecule has 1 heterocycles. The fraction of sp³-hybridized carbons (Fsp3) is 0.688. The van der Waals surface area contributed by atoms with Gasteiger partial charge in [0, 0.05) is 30.5 Å². The summed E-state index contributed by atoms with van der Waals surface area (Å²) in [4.78, 5) is 15.8. The molecule has 1 aromatic rings. The number of carbonyl (C=O) groups is 1. The van der Waals surface area contributed by atoms with E-state index in [0.717, 1.165) is 50.1 Å². The van der Waals surface area contributed by atoms with Crippen LogP contribution < -0.4 is 0 Å². The van der Waals surface area contributed by atoms with Crippen LogP contribution in [0.4, 0.5) is 0 Å². The number of unbranched alkanes of at least 4 members (excludes halogenated alkanes) is 2. The highest BCUT2D eigenvalue weighted by Crippen LogP contribution is 2.33. The van der Waals surface area contributed by atoms with Crippen molar-refractivity contribution in [3.63, 3.8) is 0 Å². The third kappa shape index (κ3) is 3.61. The molecule has 20 heavy (non-hydrogen) atoms. The van der Waals surface area contributed by atoms with Crippen molar-refractivity contribution >= 4 is 17.2 Å². The highest BCUT2D eigenvalue weighted by Gasteiger charge is 2.24. The first-order valence-electron chi connectivity index (χ1n) is 7.59. The van der Waals surface area contributed by atoms with Crippen LogP contribution in [0.2, 0.25) is 0 Å². The monoisotopic (exact) mass is 295 g/mol. The zero-order chi connectivity index (χ0) is 14.5. The molecule has 0 aromatic carbocycles. The lowest BCUT2D eigenvalue weighted by Crippen LogP contribution is -2.28. The van der Waals surface area contributed by atoms with Crippen molar-refractivity contribution in [2.45, 2.75) is 45.4 Å². The van der Waals surface area contributed by atoms with Gasteiger partial charge >= 0.3 is 0 Å². The van der Waals surface area contributed by atoms with Crippen molar-refractivity contribution in [2.75, 3.05) is 20.2 Å². The minimum Gasteiger partial charge on any atom is -0.396 e. The first-order valence-corrected chi connectivity index (χ1v) is 8.47. The third-order valence-corrected chi connectivity index (χ3v) is 5.18. The second kappa shape index (κ2) is 7.23. The van der Waals surface area contributed by atoms with Gasteiger partial charge in [0.1, 0.15) is 0 Å². The van der Waals surface area contributed by atoms with Gasteiger partial charge in [0.15, 0.2) is 0 Å². The fourth-order valence-corrected chi connectivity index (χ4v) is 4.04. The van der Waals surface area contributed by atoms with E-state index in [1.54, 1.807) is 11.3 Å². The van der Waals surface area contributed by atoms with Crippen LogP contribution in [0.15, 0.2) is 5.38 Å². The first-order chi connectivity index (χ1) is 9.63. The molecule has 1 atom stereocenters. The van der Waals surface area contributed by atoms with Gasteiger partial charge in [0.2, 0.25) is 0 Å². The van der Waals surface area contributed by atoms with Crippen molar-refractivity contribution in [3.8, 4) is 0 Å². The number of aliphatic hydroxyl groups excluding tert-OH is 1. The van der Waals surface area contributed by atoms with Gasteiger partial charge in [-0.2, -0.15) is 0 Å². The maximum absolute atomic E-state index is 12.5. The summed E-state index contributed by atoms with van der Waals surface area (Å²) in [6, 6.07) is 0. The minimum atomic E-state index is 0.168. The van der Waals surface area contributed by atoms with Crippen LogP contribution in [-0.2, 0) is 12.8 Å². The molecule has 0 radical (unpaired) electrons. The molecule has 0 fully saturated rings. The number of thiophene rings is 1. The van der Waals surface area contributed by atoms with E-state index >= 15 is 0 Å². The summed E-state index contributed by atoms with van der Waals surface area (Å²) in [5, 5.41) is 10.8. The van der Waals surface area contributed by atoms with Crippen molar-refractivity contribution in [1.29, 1.82) is 0 Å². The van der Waals surface area contributed by atoms with E-state index in [-0.39, 0.29) is 12.5 Å². The summed E-state index contributed by atoms with van der Waals surface area (Å²) in [5.74, 6) is 0.918. The first kappa shape index (κ1) is 15.5. The molecule has 3 nitrogen and oxygen atoms in total. The third-order valence-electron chi connectivity index (χ3n) is 4.13. The smallest absolute Gasteiger partial charge is 0.254 e. The Morgan fingerprint density at radius 1 is 1.45 bits per heavy atom. The van der Waals surface area contributed by atoms with Gasteiger partial charge in [-0.15, -0.1) is 11.3 Å². The number of aliphatic hydroxyl groups is 1. The van der Waals surface area contributed by atoms with Crippen LogP contribution in [0, 0.1) is 5.92 Å². The highest BCUT2D eigenvalue weighted by atomic mass is 32.1. The van der Waals surface area contributed by atoms with Gasteiger partial charge in [0.05, 0.1) is 5.56 Å². The van der Waals surface area contributed by atoms with Crippen LogP contribution in [-0.4, -0.2) is 36.1 Å². The van der Waals surface area contributed by atoms with E-state index < -0.39 is 0 Å². The molecular weight excluding hydrogens is 270 g/mol. The van der Waals surface area contributed by atoms with Gasteiger partial charge in [-0.1, -0.05) is 6.92 Å². The number of amides is 1. The summed E-state index contributed by atoms with van der Waals surface area (Å²) in [5.41, 5.74) is 2.24. The molecule has 1 unspecified atom stereocenters. The van der Waals surface area contributed by atoms with Crippen molar-refractivity contribution in [1.82, 2.24) is 4.90 Å². The summed E-state index contributed by atoms with van der Waals surface area (Å²) in [6.07, 6.45) is 6.16. The average molecular weight is 295 g/mol. The Kier molecular flexibility index (Phi) is 5.61. The molecular formula is C16H25NO2S. The zero-order valence-electron chi connectivity index (χ0n) is 12.5. The molecule has 2 rings (SSSR count). The summed E-state index contributed by atoms with van der Waals surface area (Å²) in [6.45, 7) is 3.31. The maximum atomic E-state index is 12.5. The Balaban J connectivity index is 1.95. The molecule has 0 spiro atoms. The number of hydrogen-bond donors (Lipinski definition) is 1. The van der Waals surface area contributed by atoms with Crippen LogP contribution >= 0.6 is 11.3 Å². The molecule has 1 aromatic heterocycles. The SMILES string of the molecule is CC1CCc2c(C(=O)N(C)CCCCCO)csc2C1. The number of carbonyl (C=O) groups excluding carboxylic acids is 1. The summed E-state index contributed by atoms with van der Waals surface area (Å²) in [7, 11) is 1.89. The molecule has 112 valence electrons. The van der Waals surface area contributed by atoms with Crippen molar-refractivity contribution in [2.24, 2.45) is 5.92 Å². The van der Waals surface area contributed by atoms with Crippen molar-refractivity contribution in [3.05, 3.63) is 21.4 Å². The number of hydrogen-bond acceptors (Lipinski definition) is 3. The molecule has 0 bridgehead atoms. The Labute approximate surface area is 125 Å². The number of rotatable bonds is 6. The minimum absolute atomic E-state index is 0.168. The number of nitrogens with zero attached hydrogens (tertiary/aromatic N) is 1. The predicted octanol–water partition coefficient (Wildman–Crippen LogP) is 3.11. The molecule has 1 aliphatic rings. The molecule has 0 saturated carbocycles. The molecule has 1 amide bonds. The zero-order valence-corrected chi connectivity index (χ0v) is 13.3. The Morgan fingerprint density at radius 2 is 2.25 bits per heavy atom. The van der Waals surface area contributed by atoms with Gasteiger partial charge in [-0.05, 0) is 50.0 Å². The van der Waals surface area contributed by atoms with Crippen molar-refractivity contribution < 1.29 is 9.90 Å². The number of fused-ring (bicyclic) bond motifs is 1. The largest absolute Gasteiger partial charge is 0.396 e. The van der Waals surface area contributed by atoms with Crippen LogP contribution in [0.5, 0.6) is 0 Å². The Bertz CT molecular complexity index is 455. The Morgan fingerprint density at radius 3 is 3.00 bits per heavy atom. The van der Waals surface area contributed by atoms with Crippen LogP contribution in [0.1, 0.15) is 53.4 Å². The molecule has 1 N–H and O–H groups in total. The van der Waals surface area contributed by atoms with E-state index in [1.165, 1.54) is 16.9 Å². The molecule has 0 saturated heterocycles. The summed E-state index contributed by atoms with van der Waals surface area (Å²) >= 11 is 1.75. The van der Waals surface area contributed by atoms with Gasteiger partial charge < -0.3 is 10.0 Å². The van der Waals surface area contributed by atoms with Gasteiger partial charge in [-0.3, -0.25) is 4.79 Å².